The highest BCUT2D eigenvalue weighted by Crippen LogP contribution is 2.43. The van der Waals surface area contributed by atoms with Crippen LogP contribution in [-0.4, -0.2) is 19.4 Å². The third-order valence-electron chi connectivity index (χ3n) is 4.76. The first-order valence-electron chi connectivity index (χ1n) is 9.65. The van der Waals surface area contributed by atoms with E-state index in [2.05, 4.69) is 107 Å². The second-order valence-electron chi connectivity index (χ2n) is 6.70. The van der Waals surface area contributed by atoms with Crippen molar-refractivity contribution in [3.8, 4) is 0 Å². The van der Waals surface area contributed by atoms with E-state index < -0.39 is 6.89 Å². The minimum Gasteiger partial charge on any atom is -0.356 e. The maximum absolute atomic E-state index is 10.0. The average Bonchev–Trinajstić information content (AvgIpc) is 3.25. The predicted molar refractivity (Wildman–Crippen MR) is 134 cm³/mol. The molecular formula is C26H24BrO2P. The Morgan fingerprint density at radius 3 is 1.50 bits per heavy atom. The van der Waals surface area contributed by atoms with Gasteiger partial charge < -0.3 is 4.74 Å². The van der Waals surface area contributed by atoms with Gasteiger partial charge in [0.2, 0.25) is 0 Å². The molecule has 2 nitrogen and oxygen atoms in total. The molecule has 0 saturated heterocycles. The minimum absolute atomic E-state index is 0.782. The zero-order valence-electron chi connectivity index (χ0n) is 16.8. The number of benzene rings is 3. The molecule has 0 bridgehead atoms. The molecule has 0 unspecified atom stereocenters. The highest BCUT2D eigenvalue weighted by molar-refractivity contribution is 9.11. The fourth-order valence-corrected chi connectivity index (χ4v) is 7.33. The van der Waals surface area contributed by atoms with E-state index in [0.29, 0.717) is 0 Å². The number of hydrogen-bond acceptors (Lipinski definition) is 2. The summed E-state index contributed by atoms with van der Waals surface area (Å²) in [6.07, 6.45) is 5.45. The van der Waals surface area contributed by atoms with Crippen LogP contribution >= 0.6 is 22.8 Å². The van der Waals surface area contributed by atoms with E-state index in [1.54, 1.807) is 7.11 Å². The summed E-state index contributed by atoms with van der Waals surface area (Å²) in [6, 6.07) is 31.9. The van der Waals surface area contributed by atoms with Gasteiger partial charge in [-0.05, 0) is 40.9 Å². The van der Waals surface area contributed by atoms with Crippen LogP contribution in [0.25, 0.3) is 0 Å². The summed E-state index contributed by atoms with van der Waals surface area (Å²) in [6.45, 7) is -1.90. The molecule has 152 valence electrons. The number of allylic oxidation sites excluding steroid dienone is 4. The second-order valence-corrected chi connectivity index (χ2v) is 10.8. The standard InChI is InChI=1S/C20H19OP.C6H5BrO/c1-21-17-22(18-11-5-2-6-12-18,19-13-7-3-8-14-19)20-15-9-4-10-16-20;7-6-2-1-5(3-6)4-8/h2-17H,1H3;2-4H,1H2. The highest BCUT2D eigenvalue weighted by Gasteiger charge is 2.24. The molecule has 0 radical (unpaired) electrons. The Hall–Kier alpha value is -2.45. The minimum atomic E-state index is -1.90. The fourth-order valence-electron chi connectivity index (χ4n) is 3.37. The van der Waals surface area contributed by atoms with Crippen LogP contribution in [0.2, 0.25) is 0 Å². The Bertz CT molecular complexity index is 968. The summed E-state index contributed by atoms with van der Waals surface area (Å²) in [7, 11) is 1.74. The Balaban J connectivity index is 0.000000269. The lowest BCUT2D eigenvalue weighted by Gasteiger charge is -2.27. The number of rotatable bonds is 5. The molecule has 0 N–H and O–H groups in total. The van der Waals surface area contributed by atoms with Crippen LogP contribution in [0.15, 0.2) is 113 Å². The molecule has 0 heterocycles. The number of ether oxygens (including phenoxy) is 1. The molecule has 0 spiro atoms. The van der Waals surface area contributed by atoms with Gasteiger partial charge in [0.25, 0.3) is 0 Å². The maximum atomic E-state index is 10.0. The molecule has 0 aromatic heterocycles. The second kappa shape index (κ2) is 11.1. The zero-order chi connectivity index (χ0) is 21.2. The lowest BCUT2D eigenvalue weighted by atomic mass is 10.3. The van der Waals surface area contributed by atoms with Crippen molar-refractivity contribution in [2.45, 2.75) is 6.42 Å². The lowest BCUT2D eigenvalue weighted by molar-refractivity contribution is -0.104. The molecule has 0 aliphatic heterocycles. The molecular weight excluding hydrogens is 455 g/mol. The van der Waals surface area contributed by atoms with Crippen molar-refractivity contribution in [1.29, 1.82) is 0 Å². The van der Waals surface area contributed by atoms with Crippen LogP contribution < -0.4 is 15.9 Å². The summed E-state index contributed by atoms with van der Waals surface area (Å²) in [5.41, 5.74) is 0.844. The zero-order valence-corrected chi connectivity index (χ0v) is 19.3. The fraction of sp³-hybridized carbons (Fsp3) is 0.0769. The summed E-state index contributed by atoms with van der Waals surface area (Å²) in [4.78, 5) is 10.0. The monoisotopic (exact) mass is 478 g/mol. The molecule has 3 aromatic rings. The first-order chi connectivity index (χ1) is 14.7. The molecule has 1 aliphatic carbocycles. The number of hydrogen-bond donors (Lipinski definition) is 0. The largest absolute Gasteiger partial charge is 0.356 e. The van der Waals surface area contributed by atoms with Gasteiger partial charge in [0.15, 0.2) is 0 Å². The third kappa shape index (κ3) is 5.17. The van der Waals surface area contributed by atoms with E-state index >= 15 is 0 Å². The van der Waals surface area contributed by atoms with Crippen molar-refractivity contribution in [3.05, 3.63) is 113 Å². The summed E-state index contributed by atoms with van der Waals surface area (Å²) in [5, 5.41) is 3.90. The van der Waals surface area contributed by atoms with Crippen LogP contribution in [-0.2, 0) is 9.53 Å². The Kier molecular flexibility index (Phi) is 8.21. The van der Waals surface area contributed by atoms with Crippen LogP contribution in [0.3, 0.4) is 0 Å². The van der Waals surface area contributed by atoms with E-state index in [1.165, 1.54) is 15.9 Å². The quantitative estimate of drug-likeness (QED) is 0.373. The number of halogens is 1. The number of carbonyl (C=O) groups excluding carboxylic acids is 1. The van der Waals surface area contributed by atoms with Crippen LogP contribution in [0.5, 0.6) is 0 Å². The van der Waals surface area contributed by atoms with E-state index in [4.69, 9.17) is 4.74 Å². The Morgan fingerprint density at radius 2 is 1.23 bits per heavy atom. The van der Waals surface area contributed by atoms with Crippen LogP contribution in [0.1, 0.15) is 6.42 Å². The number of methoxy groups -OCH3 is 1. The highest BCUT2D eigenvalue weighted by atomic mass is 79.9. The van der Waals surface area contributed by atoms with Gasteiger partial charge in [-0.15, -0.1) is 0 Å². The van der Waals surface area contributed by atoms with Crippen LogP contribution in [0, 0.1) is 0 Å². The maximum Gasteiger partial charge on any atom is 0.146 e. The first-order valence-corrected chi connectivity index (χ1v) is 12.3. The van der Waals surface area contributed by atoms with Gasteiger partial charge in [0.05, 0.1) is 0 Å². The van der Waals surface area contributed by atoms with Crippen molar-refractivity contribution in [3.63, 3.8) is 0 Å². The van der Waals surface area contributed by atoms with Crippen LogP contribution in [0.4, 0.5) is 0 Å². The molecule has 30 heavy (non-hydrogen) atoms. The molecule has 0 fully saturated rings. The third-order valence-corrected chi connectivity index (χ3v) is 9.18. The van der Waals surface area contributed by atoms with Crippen molar-refractivity contribution in [2.75, 3.05) is 7.11 Å². The summed E-state index contributed by atoms with van der Waals surface area (Å²) in [5.74, 6) is 2.03. The van der Waals surface area contributed by atoms with Gasteiger partial charge in [-0.1, -0.05) is 113 Å². The molecule has 3 aromatic carbocycles. The van der Waals surface area contributed by atoms with Gasteiger partial charge in [-0.25, -0.2) is 0 Å². The van der Waals surface area contributed by atoms with E-state index in [-0.39, 0.29) is 0 Å². The number of aldehydes is 1. The van der Waals surface area contributed by atoms with Gasteiger partial charge in [0, 0.05) is 17.6 Å². The molecule has 0 saturated carbocycles. The molecule has 4 rings (SSSR count). The Labute approximate surface area is 187 Å². The molecule has 1 aliphatic rings. The van der Waals surface area contributed by atoms with Gasteiger partial charge >= 0.3 is 0 Å². The normalized spacial score (nSPS) is 12.9. The van der Waals surface area contributed by atoms with Crippen molar-refractivity contribution < 1.29 is 9.53 Å². The topological polar surface area (TPSA) is 26.3 Å². The first kappa shape index (κ1) is 22.2. The molecule has 0 atom stereocenters. The lowest BCUT2D eigenvalue weighted by Crippen LogP contribution is -2.27. The van der Waals surface area contributed by atoms with E-state index in [9.17, 15) is 4.79 Å². The predicted octanol–water partition coefficient (Wildman–Crippen LogP) is 5.18. The average molecular weight is 479 g/mol. The van der Waals surface area contributed by atoms with Crippen molar-refractivity contribution >= 4 is 51.0 Å². The van der Waals surface area contributed by atoms with Crippen molar-refractivity contribution in [1.82, 2.24) is 0 Å². The van der Waals surface area contributed by atoms with Crippen molar-refractivity contribution in [2.24, 2.45) is 0 Å². The molecule has 4 heteroatoms. The van der Waals surface area contributed by atoms with Gasteiger partial charge in [-0.3, -0.25) is 4.79 Å². The van der Waals surface area contributed by atoms with Gasteiger partial charge in [0.1, 0.15) is 6.29 Å². The smallest absolute Gasteiger partial charge is 0.146 e. The molecule has 0 amide bonds. The summed E-state index contributed by atoms with van der Waals surface area (Å²) >= 11 is 3.25. The van der Waals surface area contributed by atoms with Gasteiger partial charge in [-0.2, -0.15) is 0 Å². The van der Waals surface area contributed by atoms with E-state index in [1.807, 2.05) is 18.1 Å². The number of carbonyl (C=O) groups is 1. The summed E-state index contributed by atoms with van der Waals surface area (Å²) < 4.78 is 6.61. The Morgan fingerprint density at radius 1 is 0.800 bits per heavy atom. The van der Waals surface area contributed by atoms with E-state index in [0.717, 1.165) is 22.8 Å². The SMILES string of the molecule is COC=P(c1ccccc1)(c1ccccc1)c1ccccc1.O=CC1=CC(Br)=CC1.